The van der Waals surface area contributed by atoms with E-state index in [2.05, 4.69) is 37.2 Å². The maximum atomic E-state index is 12.2. The third-order valence-corrected chi connectivity index (χ3v) is 4.76. The molecule has 0 saturated heterocycles. The number of benzene rings is 1. The highest BCUT2D eigenvalue weighted by Gasteiger charge is 2.28. The van der Waals surface area contributed by atoms with Gasteiger partial charge in [-0.15, -0.1) is 0 Å². The van der Waals surface area contributed by atoms with Gasteiger partial charge in [0.25, 0.3) is 5.91 Å². The molecule has 0 aliphatic rings. The standard InChI is InChI=1S/C13H17Br2NO2/c1-3-13(4-2,8-14)16-12(18)10-6-5-9(15)7-11(10)17/h5-7,17H,3-4,8H2,1-2H3,(H,16,18). The normalized spacial score (nSPS) is 11.3. The van der Waals surface area contributed by atoms with E-state index in [-0.39, 0.29) is 17.2 Å². The summed E-state index contributed by atoms with van der Waals surface area (Å²) in [5, 5.41) is 13.5. The number of alkyl halides is 1. The molecule has 0 heterocycles. The summed E-state index contributed by atoms with van der Waals surface area (Å²) in [6.07, 6.45) is 1.66. The SMILES string of the molecule is CCC(CC)(CBr)NC(=O)c1ccc(Br)cc1O. The second kappa shape index (κ2) is 6.57. The summed E-state index contributed by atoms with van der Waals surface area (Å²) in [5.74, 6) is -0.263. The maximum Gasteiger partial charge on any atom is 0.255 e. The molecule has 1 amide bonds. The van der Waals surface area contributed by atoms with Crippen LogP contribution in [0.1, 0.15) is 37.0 Å². The predicted molar refractivity (Wildman–Crippen MR) is 80.4 cm³/mol. The monoisotopic (exact) mass is 377 g/mol. The number of hydrogen-bond acceptors (Lipinski definition) is 2. The van der Waals surface area contributed by atoms with Crippen LogP contribution in [-0.2, 0) is 0 Å². The molecule has 0 aliphatic heterocycles. The number of carbonyl (C=O) groups excluding carboxylic acids is 1. The van der Waals surface area contributed by atoms with Gasteiger partial charge in [-0.1, -0.05) is 45.7 Å². The minimum atomic E-state index is -0.267. The smallest absolute Gasteiger partial charge is 0.255 e. The van der Waals surface area contributed by atoms with Gasteiger partial charge >= 0.3 is 0 Å². The molecule has 5 heteroatoms. The van der Waals surface area contributed by atoms with Crippen molar-refractivity contribution in [1.82, 2.24) is 5.32 Å². The van der Waals surface area contributed by atoms with Crippen LogP contribution >= 0.6 is 31.9 Å². The molecule has 0 bridgehead atoms. The summed E-state index contributed by atoms with van der Waals surface area (Å²) in [4.78, 5) is 12.2. The van der Waals surface area contributed by atoms with Crippen molar-refractivity contribution in [2.75, 3.05) is 5.33 Å². The molecular formula is C13H17Br2NO2. The summed E-state index contributed by atoms with van der Waals surface area (Å²) in [7, 11) is 0. The Bertz CT molecular complexity index is 423. The van der Waals surface area contributed by atoms with Crippen molar-refractivity contribution in [2.45, 2.75) is 32.2 Å². The average Bonchev–Trinajstić information content (AvgIpc) is 2.36. The van der Waals surface area contributed by atoms with Crippen LogP contribution in [0.15, 0.2) is 22.7 Å². The number of amides is 1. The second-order valence-electron chi connectivity index (χ2n) is 4.24. The van der Waals surface area contributed by atoms with Crippen LogP contribution in [0, 0.1) is 0 Å². The van der Waals surface area contributed by atoms with Crippen molar-refractivity contribution in [1.29, 1.82) is 0 Å². The zero-order valence-electron chi connectivity index (χ0n) is 10.5. The summed E-state index contributed by atoms with van der Waals surface area (Å²) in [6, 6.07) is 4.87. The van der Waals surface area contributed by atoms with Crippen LogP contribution < -0.4 is 5.32 Å². The van der Waals surface area contributed by atoms with Crippen molar-refractivity contribution in [3.05, 3.63) is 28.2 Å². The fraction of sp³-hybridized carbons (Fsp3) is 0.462. The quantitative estimate of drug-likeness (QED) is 0.764. The molecule has 0 aliphatic carbocycles. The van der Waals surface area contributed by atoms with E-state index in [0.717, 1.165) is 17.3 Å². The van der Waals surface area contributed by atoms with Crippen LogP contribution in [0.5, 0.6) is 5.75 Å². The summed E-state index contributed by atoms with van der Waals surface area (Å²) in [5.41, 5.74) is 0.0294. The third kappa shape index (κ3) is 3.48. The number of rotatable bonds is 5. The highest BCUT2D eigenvalue weighted by molar-refractivity contribution is 9.10. The molecule has 3 nitrogen and oxygen atoms in total. The fourth-order valence-corrected chi connectivity index (χ4v) is 2.94. The zero-order valence-corrected chi connectivity index (χ0v) is 13.6. The Morgan fingerprint density at radius 1 is 1.39 bits per heavy atom. The lowest BCUT2D eigenvalue weighted by atomic mass is 9.95. The molecule has 2 N–H and O–H groups in total. The molecule has 0 atom stereocenters. The minimum Gasteiger partial charge on any atom is -0.507 e. The minimum absolute atomic E-state index is 0.0162. The molecule has 0 aromatic heterocycles. The van der Waals surface area contributed by atoms with Crippen molar-refractivity contribution >= 4 is 37.8 Å². The van der Waals surface area contributed by atoms with Crippen LogP contribution in [-0.4, -0.2) is 21.9 Å². The molecule has 18 heavy (non-hydrogen) atoms. The van der Waals surface area contributed by atoms with Gasteiger partial charge in [0.1, 0.15) is 5.75 Å². The molecule has 1 aromatic carbocycles. The Labute approximate surface area is 124 Å². The number of aromatic hydroxyl groups is 1. The first-order valence-electron chi connectivity index (χ1n) is 5.85. The van der Waals surface area contributed by atoms with E-state index in [1.165, 1.54) is 6.07 Å². The molecule has 1 aromatic rings. The Balaban J connectivity index is 2.94. The average molecular weight is 379 g/mol. The van der Waals surface area contributed by atoms with Crippen molar-refractivity contribution in [3.63, 3.8) is 0 Å². The van der Waals surface area contributed by atoms with Crippen LogP contribution in [0.4, 0.5) is 0 Å². The Morgan fingerprint density at radius 2 is 2.00 bits per heavy atom. The van der Waals surface area contributed by atoms with E-state index in [0.29, 0.717) is 10.9 Å². The first-order chi connectivity index (χ1) is 8.48. The van der Waals surface area contributed by atoms with Crippen LogP contribution in [0.3, 0.4) is 0 Å². The van der Waals surface area contributed by atoms with Gasteiger partial charge in [0, 0.05) is 15.3 Å². The van der Waals surface area contributed by atoms with E-state index >= 15 is 0 Å². The van der Waals surface area contributed by atoms with Gasteiger partial charge in [0.15, 0.2) is 0 Å². The number of hydrogen-bond donors (Lipinski definition) is 2. The highest BCUT2D eigenvalue weighted by atomic mass is 79.9. The number of phenolic OH excluding ortho intramolecular Hbond substituents is 1. The van der Waals surface area contributed by atoms with Crippen LogP contribution in [0.25, 0.3) is 0 Å². The maximum absolute atomic E-state index is 12.2. The van der Waals surface area contributed by atoms with Crippen molar-refractivity contribution < 1.29 is 9.90 Å². The largest absolute Gasteiger partial charge is 0.507 e. The lowest BCUT2D eigenvalue weighted by Gasteiger charge is -2.31. The van der Waals surface area contributed by atoms with Gasteiger partial charge in [0.2, 0.25) is 0 Å². The first-order valence-corrected chi connectivity index (χ1v) is 7.76. The molecule has 100 valence electrons. The van der Waals surface area contributed by atoms with E-state index in [1.54, 1.807) is 12.1 Å². The van der Waals surface area contributed by atoms with Crippen molar-refractivity contribution in [2.24, 2.45) is 0 Å². The van der Waals surface area contributed by atoms with Gasteiger partial charge in [-0.2, -0.15) is 0 Å². The number of nitrogens with one attached hydrogen (secondary N) is 1. The van der Waals surface area contributed by atoms with Gasteiger partial charge in [-0.3, -0.25) is 4.79 Å². The fourth-order valence-electron chi connectivity index (χ4n) is 1.65. The molecular weight excluding hydrogens is 362 g/mol. The summed E-state index contributed by atoms with van der Waals surface area (Å²) < 4.78 is 0.745. The van der Waals surface area contributed by atoms with E-state index < -0.39 is 0 Å². The number of carbonyl (C=O) groups is 1. The lowest BCUT2D eigenvalue weighted by Crippen LogP contribution is -2.49. The van der Waals surface area contributed by atoms with E-state index in [1.807, 2.05) is 13.8 Å². The zero-order chi connectivity index (χ0) is 13.8. The Morgan fingerprint density at radius 3 is 2.44 bits per heavy atom. The topological polar surface area (TPSA) is 49.3 Å². The van der Waals surface area contributed by atoms with Gasteiger partial charge in [-0.25, -0.2) is 0 Å². The number of phenols is 1. The second-order valence-corrected chi connectivity index (χ2v) is 5.71. The van der Waals surface area contributed by atoms with Gasteiger partial charge < -0.3 is 10.4 Å². The van der Waals surface area contributed by atoms with E-state index in [9.17, 15) is 9.90 Å². The van der Waals surface area contributed by atoms with Gasteiger partial charge in [0.05, 0.1) is 5.56 Å². The molecule has 0 radical (unpaired) electrons. The summed E-state index contributed by atoms with van der Waals surface area (Å²) in [6.45, 7) is 4.07. The van der Waals surface area contributed by atoms with Crippen molar-refractivity contribution in [3.8, 4) is 5.75 Å². The molecule has 0 fully saturated rings. The lowest BCUT2D eigenvalue weighted by molar-refractivity contribution is 0.0901. The number of halogens is 2. The molecule has 1 rings (SSSR count). The molecule has 0 saturated carbocycles. The van der Waals surface area contributed by atoms with E-state index in [4.69, 9.17) is 0 Å². The predicted octanol–water partition coefficient (Wildman–Crippen LogP) is 3.84. The summed E-state index contributed by atoms with van der Waals surface area (Å²) >= 11 is 6.69. The first kappa shape index (κ1) is 15.5. The Hall–Kier alpha value is -0.550. The Kier molecular flexibility index (Phi) is 5.66. The van der Waals surface area contributed by atoms with Gasteiger partial charge in [-0.05, 0) is 31.0 Å². The highest BCUT2D eigenvalue weighted by Crippen LogP contribution is 2.24. The molecule has 0 unspecified atom stereocenters. The third-order valence-electron chi connectivity index (χ3n) is 3.19. The molecule has 0 spiro atoms. The van der Waals surface area contributed by atoms with Crippen LogP contribution in [0.2, 0.25) is 0 Å².